The van der Waals surface area contributed by atoms with Gasteiger partial charge >= 0.3 is 0 Å². The third-order valence-corrected chi connectivity index (χ3v) is 5.60. The highest BCUT2D eigenvalue weighted by Gasteiger charge is 2.16. The second-order valence-electron chi connectivity index (χ2n) is 7.90. The number of carbonyl (C=O) groups excluding carboxylic acids is 1. The Labute approximate surface area is 182 Å². The van der Waals surface area contributed by atoms with Crippen LogP contribution in [0.4, 0.5) is 0 Å². The number of rotatable bonds is 9. The van der Waals surface area contributed by atoms with Crippen LogP contribution in [-0.4, -0.2) is 75.2 Å². The maximum absolute atomic E-state index is 12.2. The molecule has 0 atom stereocenters. The minimum atomic E-state index is 0.0582. The average Bonchev–Trinajstić information content (AvgIpc) is 3.34. The lowest BCUT2D eigenvalue weighted by Crippen LogP contribution is -2.46. The van der Waals surface area contributed by atoms with Crippen molar-refractivity contribution in [3.8, 4) is 5.69 Å². The molecule has 31 heavy (non-hydrogen) atoms. The first kappa shape index (κ1) is 21.1. The van der Waals surface area contributed by atoms with E-state index in [9.17, 15) is 4.79 Å². The molecule has 4 rings (SSSR count). The fraction of sp³-hybridized carbons (Fsp3) is 0.391. The lowest BCUT2D eigenvalue weighted by molar-refractivity contribution is -0.120. The van der Waals surface area contributed by atoms with E-state index in [0.29, 0.717) is 13.0 Å². The summed E-state index contributed by atoms with van der Waals surface area (Å²) in [5.74, 6) is 0.0582. The van der Waals surface area contributed by atoms with E-state index in [4.69, 9.17) is 0 Å². The van der Waals surface area contributed by atoms with Crippen molar-refractivity contribution in [2.45, 2.75) is 19.4 Å². The van der Waals surface area contributed by atoms with Gasteiger partial charge in [0.2, 0.25) is 5.91 Å². The number of benzene rings is 2. The maximum Gasteiger partial charge on any atom is 0.224 e. The second-order valence-corrected chi connectivity index (χ2v) is 7.90. The molecule has 0 bridgehead atoms. The number of hydrogen-bond donors (Lipinski definition) is 1. The van der Waals surface area contributed by atoms with Gasteiger partial charge in [-0.2, -0.15) is 0 Å². The monoisotopic (exact) mass is 419 g/mol. The fourth-order valence-corrected chi connectivity index (χ4v) is 3.84. The molecule has 0 unspecified atom stereocenters. The van der Waals surface area contributed by atoms with Crippen molar-refractivity contribution in [1.29, 1.82) is 0 Å². The van der Waals surface area contributed by atoms with Gasteiger partial charge < -0.3 is 10.2 Å². The van der Waals surface area contributed by atoms with Crippen LogP contribution in [0.25, 0.3) is 5.69 Å². The standard InChI is InChI=1S/C23H29N7O/c31-23(17-20-7-9-22(10-8-20)30-19-25-26-27-30)24-11-4-12-28-13-15-29(16-14-28)18-21-5-2-1-3-6-21/h1-3,5-10,19H,4,11-18H2,(H,24,31). The lowest BCUT2D eigenvalue weighted by Gasteiger charge is -2.34. The number of nitrogens with one attached hydrogen (secondary N) is 1. The van der Waals surface area contributed by atoms with Crippen LogP contribution >= 0.6 is 0 Å². The zero-order valence-electron chi connectivity index (χ0n) is 17.7. The Morgan fingerprint density at radius 3 is 2.35 bits per heavy atom. The largest absolute Gasteiger partial charge is 0.356 e. The SMILES string of the molecule is O=C(Cc1ccc(-n2cnnn2)cc1)NCCCN1CCN(Cc2ccccc2)CC1. The van der Waals surface area contributed by atoms with Gasteiger partial charge in [-0.05, 0) is 46.7 Å². The first-order valence-electron chi connectivity index (χ1n) is 10.8. The number of hydrogen-bond acceptors (Lipinski definition) is 6. The third-order valence-electron chi connectivity index (χ3n) is 5.60. The van der Waals surface area contributed by atoms with Gasteiger partial charge in [0, 0.05) is 39.3 Å². The van der Waals surface area contributed by atoms with E-state index in [2.05, 4.69) is 61.0 Å². The molecule has 8 nitrogen and oxygen atoms in total. The summed E-state index contributed by atoms with van der Waals surface area (Å²) in [6, 6.07) is 18.4. The fourth-order valence-electron chi connectivity index (χ4n) is 3.84. The number of tetrazole rings is 1. The van der Waals surface area contributed by atoms with E-state index in [0.717, 1.165) is 56.9 Å². The van der Waals surface area contributed by atoms with E-state index in [1.165, 1.54) is 5.56 Å². The van der Waals surface area contributed by atoms with Gasteiger partial charge in [-0.25, -0.2) is 4.68 Å². The summed E-state index contributed by atoms with van der Waals surface area (Å²) < 4.78 is 1.59. The highest BCUT2D eigenvalue weighted by molar-refractivity contribution is 5.78. The van der Waals surface area contributed by atoms with E-state index in [1.54, 1.807) is 11.0 Å². The topological polar surface area (TPSA) is 79.2 Å². The van der Waals surface area contributed by atoms with Crippen LogP contribution in [0.5, 0.6) is 0 Å². The van der Waals surface area contributed by atoms with Crippen molar-refractivity contribution in [2.75, 3.05) is 39.3 Å². The van der Waals surface area contributed by atoms with Gasteiger partial charge in [-0.3, -0.25) is 9.69 Å². The van der Waals surface area contributed by atoms with E-state index in [1.807, 2.05) is 24.3 Å². The molecule has 0 spiro atoms. The Hall–Kier alpha value is -3.10. The number of nitrogens with zero attached hydrogens (tertiary/aromatic N) is 6. The van der Waals surface area contributed by atoms with Gasteiger partial charge in [-0.15, -0.1) is 5.10 Å². The zero-order chi connectivity index (χ0) is 21.3. The molecule has 3 aromatic rings. The molecular formula is C23H29N7O. The van der Waals surface area contributed by atoms with Crippen molar-refractivity contribution in [3.05, 3.63) is 72.1 Å². The molecular weight excluding hydrogens is 390 g/mol. The summed E-state index contributed by atoms with van der Waals surface area (Å²) >= 11 is 0. The van der Waals surface area contributed by atoms with Gasteiger partial charge in [-0.1, -0.05) is 42.5 Å². The molecule has 0 radical (unpaired) electrons. The molecule has 1 aliphatic heterocycles. The van der Waals surface area contributed by atoms with Crippen molar-refractivity contribution in [1.82, 2.24) is 35.3 Å². The summed E-state index contributed by atoms with van der Waals surface area (Å²) in [4.78, 5) is 17.2. The number of amides is 1. The summed E-state index contributed by atoms with van der Waals surface area (Å²) in [6.07, 6.45) is 2.90. The van der Waals surface area contributed by atoms with Gasteiger partial charge in [0.15, 0.2) is 0 Å². The molecule has 0 aliphatic carbocycles. The van der Waals surface area contributed by atoms with Crippen molar-refractivity contribution < 1.29 is 4.79 Å². The molecule has 1 saturated heterocycles. The Morgan fingerprint density at radius 2 is 1.65 bits per heavy atom. The van der Waals surface area contributed by atoms with Crippen LogP contribution in [0.3, 0.4) is 0 Å². The van der Waals surface area contributed by atoms with Crippen LogP contribution in [-0.2, 0) is 17.8 Å². The molecule has 0 saturated carbocycles. The minimum Gasteiger partial charge on any atom is -0.356 e. The average molecular weight is 420 g/mol. The Bertz CT molecular complexity index is 920. The van der Waals surface area contributed by atoms with Crippen molar-refractivity contribution >= 4 is 5.91 Å². The van der Waals surface area contributed by atoms with Gasteiger partial charge in [0.05, 0.1) is 12.1 Å². The quantitative estimate of drug-likeness (QED) is 0.530. The summed E-state index contributed by atoms with van der Waals surface area (Å²) in [5.41, 5.74) is 3.23. The highest BCUT2D eigenvalue weighted by atomic mass is 16.1. The second kappa shape index (κ2) is 10.8. The lowest BCUT2D eigenvalue weighted by atomic mass is 10.1. The first-order chi connectivity index (χ1) is 15.3. The highest BCUT2D eigenvalue weighted by Crippen LogP contribution is 2.09. The van der Waals surface area contributed by atoms with Crippen LogP contribution in [0.15, 0.2) is 60.9 Å². The molecule has 162 valence electrons. The first-order valence-corrected chi connectivity index (χ1v) is 10.8. The number of aromatic nitrogens is 4. The molecule has 1 fully saturated rings. The van der Waals surface area contributed by atoms with E-state index >= 15 is 0 Å². The van der Waals surface area contributed by atoms with Crippen molar-refractivity contribution in [3.63, 3.8) is 0 Å². The normalized spacial score (nSPS) is 15.1. The Morgan fingerprint density at radius 1 is 0.903 bits per heavy atom. The van der Waals surface area contributed by atoms with Gasteiger partial charge in [0.1, 0.15) is 6.33 Å². The van der Waals surface area contributed by atoms with Crippen LogP contribution in [0.2, 0.25) is 0 Å². The predicted octanol–water partition coefficient (Wildman–Crippen LogP) is 1.53. The summed E-state index contributed by atoms with van der Waals surface area (Å²) in [6.45, 7) is 7.15. The molecule has 1 amide bonds. The summed E-state index contributed by atoms with van der Waals surface area (Å²) in [7, 11) is 0. The zero-order valence-corrected chi connectivity index (χ0v) is 17.7. The molecule has 1 aromatic heterocycles. The predicted molar refractivity (Wildman–Crippen MR) is 119 cm³/mol. The third kappa shape index (κ3) is 6.44. The molecule has 2 aromatic carbocycles. The van der Waals surface area contributed by atoms with E-state index < -0.39 is 0 Å². The molecule has 1 N–H and O–H groups in total. The van der Waals surface area contributed by atoms with Crippen LogP contribution < -0.4 is 5.32 Å². The number of carbonyl (C=O) groups is 1. The van der Waals surface area contributed by atoms with E-state index in [-0.39, 0.29) is 5.91 Å². The Balaban J connectivity index is 1.10. The summed E-state index contributed by atoms with van der Waals surface area (Å²) in [5, 5.41) is 14.2. The smallest absolute Gasteiger partial charge is 0.224 e. The molecule has 1 aliphatic rings. The molecule has 2 heterocycles. The molecule has 8 heteroatoms. The maximum atomic E-state index is 12.2. The van der Waals surface area contributed by atoms with Crippen LogP contribution in [0.1, 0.15) is 17.5 Å². The minimum absolute atomic E-state index is 0.0582. The van der Waals surface area contributed by atoms with Crippen molar-refractivity contribution in [2.24, 2.45) is 0 Å². The number of piperazine rings is 1. The Kier molecular flexibility index (Phi) is 7.36. The van der Waals surface area contributed by atoms with Crippen LogP contribution in [0, 0.1) is 0 Å². The van der Waals surface area contributed by atoms with Gasteiger partial charge in [0.25, 0.3) is 0 Å².